The zero-order valence-corrected chi connectivity index (χ0v) is 8.88. The zero-order chi connectivity index (χ0) is 10.3. The van der Waals surface area contributed by atoms with Crippen molar-refractivity contribution in [2.45, 2.75) is 33.6 Å². The largest absolute Gasteiger partial charge is 0.466 e. The smallest absolute Gasteiger partial charge is 0.309 e. The van der Waals surface area contributed by atoms with E-state index in [4.69, 9.17) is 4.74 Å². The summed E-state index contributed by atoms with van der Waals surface area (Å²) in [6, 6.07) is 0. The van der Waals surface area contributed by atoms with Crippen molar-refractivity contribution in [1.82, 2.24) is 0 Å². The van der Waals surface area contributed by atoms with Crippen LogP contribution in [0.15, 0.2) is 12.7 Å². The van der Waals surface area contributed by atoms with Gasteiger partial charge in [-0.3, -0.25) is 4.79 Å². The average Bonchev–Trinajstić information content (AvgIpc) is 2.13. The molecule has 0 N–H and O–H groups in total. The first-order valence-electron chi connectivity index (χ1n) is 4.96. The van der Waals surface area contributed by atoms with Crippen molar-refractivity contribution in [3.05, 3.63) is 12.7 Å². The number of hydrogen-bond acceptors (Lipinski definition) is 2. The summed E-state index contributed by atoms with van der Waals surface area (Å²) in [6.45, 7) is 10.0. The fraction of sp³-hybridized carbons (Fsp3) is 0.727. The molecule has 0 rings (SSSR count). The second kappa shape index (κ2) is 6.70. The van der Waals surface area contributed by atoms with Gasteiger partial charge in [-0.2, -0.15) is 0 Å². The predicted molar refractivity (Wildman–Crippen MR) is 54.4 cm³/mol. The third-order valence-electron chi connectivity index (χ3n) is 2.23. The number of carbonyl (C=O) groups excluding carboxylic acids is 1. The van der Waals surface area contributed by atoms with E-state index in [1.165, 1.54) is 0 Å². The lowest BCUT2D eigenvalue weighted by atomic mass is 9.90. The predicted octanol–water partition coefficient (Wildman–Crippen LogP) is 2.79. The molecule has 0 heterocycles. The molecule has 0 fully saturated rings. The number of hydrogen-bond donors (Lipinski definition) is 0. The van der Waals surface area contributed by atoms with Crippen LogP contribution in [-0.4, -0.2) is 12.6 Å². The van der Waals surface area contributed by atoms with Gasteiger partial charge in [0, 0.05) is 0 Å². The summed E-state index contributed by atoms with van der Waals surface area (Å²) < 4.78 is 4.95. The highest BCUT2D eigenvalue weighted by molar-refractivity contribution is 5.72. The van der Waals surface area contributed by atoms with Gasteiger partial charge in [0.1, 0.15) is 0 Å². The molecule has 0 bridgehead atoms. The maximum atomic E-state index is 11.3. The molecule has 76 valence electrons. The van der Waals surface area contributed by atoms with Gasteiger partial charge in [0.25, 0.3) is 0 Å². The van der Waals surface area contributed by atoms with Gasteiger partial charge in [0.15, 0.2) is 0 Å². The van der Waals surface area contributed by atoms with Crippen LogP contribution in [-0.2, 0) is 9.53 Å². The van der Waals surface area contributed by atoms with Gasteiger partial charge in [-0.1, -0.05) is 26.3 Å². The summed E-state index contributed by atoms with van der Waals surface area (Å²) in [5.41, 5.74) is 0. The molecule has 0 radical (unpaired) electrons. The molecule has 2 nitrogen and oxygen atoms in total. The SMILES string of the molecule is C=CC(CCC)C(C)C(=O)OCC. The van der Waals surface area contributed by atoms with Crippen molar-refractivity contribution in [3.63, 3.8) is 0 Å². The van der Waals surface area contributed by atoms with Crippen LogP contribution in [0.5, 0.6) is 0 Å². The fourth-order valence-electron chi connectivity index (χ4n) is 1.35. The molecule has 2 heteroatoms. The lowest BCUT2D eigenvalue weighted by molar-refractivity contribution is -0.148. The lowest BCUT2D eigenvalue weighted by Gasteiger charge is -2.18. The fourth-order valence-corrected chi connectivity index (χ4v) is 1.35. The molecule has 0 aromatic rings. The summed E-state index contributed by atoms with van der Waals surface area (Å²) in [5.74, 6) is 0.0855. The van der Waals surface area contributed by atoms with E-state index in [0.717, 1.165) is 12.8 Å². The van der Waals surface area contributed by atoms with E-state index < -0.39 is 0 Å². The highest BCUT2D eigenvalue weighted by Gasteiger charge is 2.21. The monoisotopic (exact) mass is 184 g/mol. The Morgan fingerprint density at radius 1 is 1.54 bits per heavy atom. The molecule has 0 aliphatic rings. The molecule has 13 heavy (non-hydrogen) atoms. The summed E-state index contributed by atoms with van der Waals surface area (Å²) >= 11 is 0. The van der Waals surface area contributed by atoms with E-state index in [2.05, 4.69) is 13.5 Å². The van der Waals surface area contributed by atoms with Crippen molar-refractivity contribution < 1.29 is 9.53 Å². The molecule has 0 saturated heterocycles. The summed E-state index contributed by atoms with van der Waals surface area (Å²) in [6.07, 6.45) is 3.93. The Morgan fingerprint density at radius 3 is 2.54 bits per heavy atom. The Bertz CT molecular complexity index is 163. The van der Waals surface area contributed by atoms with Crippen LogP contribution in [0.4, 0.5) is 0 Å². The molecule has 2 unspecified atom stereocenters. The van der Waals surface area contributed by atoms with Crippen LogP contribution in [0.2, 0.25) is 0 Å². The summed E-state index contributed by atoms with van der Waals surface area (Å²) in [7, 11) is 0. The first-order chi connectivity index (χ1) is 6.17. The highest BCUT2D eigenvalue weighted by Crippen LogP contribution is 2.19. The quantitative estimate of drug-likeness (QED) is 0.468. The minimum atomic E-state index is -0.110. The van der Waals surface area contributed by atoms with Crippen LogP contribution in [0, 0.1) is 11.8 Å². The third-order valence-corrected chi connectivity index (χ3v) is 2.23. The minimum absolute atomic E-state index is 0.0580. The Balaban J connectivity index is 4.09. The van der Waals surface area contributed by atoms with E-state index in [9.17, 15) is 4.79 Å². The molecule has 2 atom stereocenters. The van der Waals surface area contributed by atoms with Crippen molar-refractivity contribution >= 4 is 5.97 Å². The second-order valence-corrected chi connectivity index (χ2v) is 3.23. The van der Waals surface area contributed by atoms with Crippen molar-refractivity contribution in [3.8, 4) is 0 Å². The van der Waals surface area contributed by atoms with E-state index in [1.807, 2.05) is 19.9 Å². The van der Waals surface area contributed by atoms with Crippen LogP contribution in [0.25, 0.3) is 0 Å². The summed E-state index contributed by atoms with van der Waals surface area (Å²) in [5, 5.41) is 0. The minimum Gasteiger partial charge on any atom is -0.466 e. The third kappa shape index (κ3) is 4.11. The topological polar surface area (TPSA) is 26.3 Å². The van der Waals surface area contributed by atoms with E-state index in [-0.39, 0.29) is 17.8 Å². The van der Waals surface area contributed by atoms with E-state index in [1.54, 1.807) is 0 Å². The zero-order valence-electron chi connectivity index (χ0n) is 8.88. The maximum Gasteiger partial charge on any atom is 0.309 e. The molecular weight excluding hydrogens is 164 g/mol. The lowest BCUT2D eigenvalue weighted by Crippen LogP contribution is -2.21. The van der Waals surface area contributed by atoms with E-state index in [0.29, 0.717) is 6.61 Å². The molecule has 0 aromatic carbocycles. The van der Waals surface area contributed by atoms with Gasteiger partial charge in [0.2, 0.25) is 0 Å². The van der Waals surface area contributed by atoms with E-state index >= 15 is 0 Å². The van der Waals surface area contributed by atoms with Gasteiger partial charge in [-0.05, 0) is 19.3 Å². The average molecular weight is 184 g/mol. The van der Waals surface area contributed by atoms with Crippen LogP contribution < -0.4 is 0 Å². The van der Waals surface area contributed by atoms with Crippen LogP contribution >= 0.6 is 0 Å². The Labute approximate surface area is 81.0 Å². The van der Waals surface area contributed by atoms with Gasteiger partial charge in [-0.15, -0.1) is 6.58 Å². The molecule has 0 spiro atoms. The summed E-state index contributed by atoms with van der Waals surface area (Å²) in [4.78, 5) is 11.3. The maximum absolute atomic E-state index is 11.3. The molecule has 0 amide bonds. The van der Waals surface area contributed by atoms with Crippen LogP contribution in [0.3, 0.4) is 0 Å². The second-order valence-electron chi connectivity index (χ2n) is 3.23. The standard InChI is InChI=1S/C11H20O2/c1-5-8-10(6-2)9(4)11(12)13-7-3/h6,9-10H,2,5,7-8H2,1,3-4H3. The Kier molecular flexibility index (Phi) is 6.29. The van der Waals surface area contributed by atoms with Crippen molar-refractivity contribution in [2.75, 3.05) is 6.61 Å². The Morgan fingerprint density at radius 2 is 2.15 bits per heavy atom. The van der Waals surface area contributed by atoms with Crippen molar-refractivity contribution in [2.24, 2.45) is 11.8 Å². The molecule has 0 aromatic heterocycles. The number of carbonyl (C=O) groups is 1. The van der Waals surface area contributed by atoms with Crippen molar-refractivity contribution in [1.29, 1.82) is 0 Å². The number of esters is 1. The first-order valence-corrected chi connectivity index (χ1v) is 4.96. The highest BCUT2D eigenvalue weighted by atomic mass is 16.5. The molecule has 0 aliphatic carbocycles. The Hall–Kier alpha value is -0.790. The number of ether oxygens (including phenoxy) is 1. The van der Waals surface area contributed by atoms with Gasteiger partial charge in [0.05, 0.1) is 12.5 Å². The molecule has 0 aliphatic heterocycles. The van der Waals surface area contributed by atoms with Gasteiger partial charge in [-0.25, -0.2) is 0 Å². The molecular formula is C11H20O2. The molecule has 0 saturated carbocycles. The number of allylic oxidation sites excluding steroid dienone is 1. The van der Waals surface area contributed by atoms with Gasteiger partial charge >= 0.3 is 5.97 Å². The first kappa shape index (κ1) is 12.2. The number of rotatable bonds is 6. The van der Waals surface area contributed by atoms with Crippen LogP contribution in [0.1, 0.15) is 33.6 Å². The van der Waals surface area contributed by atoms with Gasteiger partial charge < -0.3 is 4.74 Å². The normalized spacial score (nSPS) is 14.7.